The highest BCUT2D eigenvalue weighted by atomic mass is 15.2. The molecule has 0 saturated carbocycles. The first-order valence-corrected chi connectivity index (χ1v) is 7.57. The van der Waals surface area contributed by atoms with Gasteiger partial charge in [0.1, 0.15) is 5.54 Å². The average Bonchev–Trinajstić information content (AvgIpc) is 2.77. The molecular formula is C17H25N3. The van der Waals surface area contributed by atoms with Gasteiger partial charge in [0.05, 0.1) is 6.07 Å². The zero-order valence-corrected chi connectivity index (χ0v) is 12.8. The van der Waals surface area contributed by atoms with Crippen molar-refractivity contribution in [3.8, 4) is 6.07 Å². The summed E-state index contributed by atoms with van der Waals surface area (Å²) in [5.41, 5.74) is 0.463. The molecule has 1 aliphatic heterocycles. The zero-order valence-electron chi connectivity index (χ0n) is 12.8. The molecule has 3 unspecified atom stereocenters. The molecule has 0 spiro atoms. The van der Waals surface area contributed by atoms with Crippen LogP contribution < -0.4 is 5.32 Å². The highest BCUT2D eigenvalue weighted by Gasteiger charge is 2.37. The minimum atomic E-state index is -0.603. The number of likely N-dealkylation sites (N-methyl/N-ethyl adjacent to an activating group) is 1. The summed E-state index contributed by atoms with van der Waals surface area (Å²) in [6.45, 7) is 9.25. The van der Waals surface area contributed by atoms with Crippen molar-refractivity contribution in [3.63, 3.8) is 0 Å². The summed E-state index contributed by atoms with van der Waals surface area (Å²) in [5, 5.41) is 13.3. The van der Waals surface area contributed by atoms with Gasteiger partial charge in [-0.3, -0.25) is 10.2 Å². The minimum Gasteiger partial charge on any atom is -0.297 e. The van der Waals surface area contributed by atoms with Gasteiger partial charge in [0.2, 0.25) is 0 Å². The van der Waals surface area contributed by atoms with E-state index in [-0.39, 0.29) is 0 Å². The summed E-state index contributed by atoms with van der Waals surface area (Å²) >= 11 is 0. The van der Waals surface area contributed by atoms with Crippen molar-refractivity contribution in [2.24, 2.45) is 5.92 Å². The lowest BCUT2D eigenvalue weighted by molar-refractivity contribution is 0.204. The molecule has 108 valence electrons. The summed E-state index contributed by atoms with van der Waals surface area (Å²) < 4.78 is 0. The maximum Gasteiger partial charge on any atom is 0.145 e. The van der Waals surface area contributed by atoms with Gasteiger partial charge in [-0.25, -0.2) is 0 Å². The number of hydrogen-bond donors (Lipinski definition) is 1. The van der Waals surface area contributed by atoms with Crippen LogP contribution in [-0.2, 0) is 5.54 Å². The lowest BCUT2D eigenvalue weighted by Crippen LogP contribution is -2.51. The highest BCUT2D eigenvalue weighted by Crippen LogP contribution is 2.28. The number of hydrogen-bond acceptors (Lipinski definition) is 3. The predicted molar refractivity (Wildman–Crippen MR) is 82.2 cm³/mol. The topological polar surface area (TPSA) is 39.1 Å². The first-order valence-electron chi connectivity index (χ1n) is 7.57. The Labute approximate surface area is 122 Å². The van der Waals surface area contributed by atoms with Crippen molar-refractivity contribution in [3.05, 3.63) is 35.9 Å². The Morgan fingerprint density at radius 3 is 2.55 bits per heavy atom. The molecule has 1 heterocycles. The Hall–Kier alpha value is -1.37. The Bertz CT molecular complexity index is 465. The molecule has 1 fully saturated rings. The van der Waals surface area contributed by atoms with Gasteiger partial charge in [-0.05, 0) is 31.4 Å². The van der Waals surface area contributed by atoms with Gasteiger partial charge in [-0.15, -0.1) is 0 Å². The molecule has 2 rings (SSSR count). The monoisotopic (exact) mass is 271 g/mol. The van der Waals surface area contributed by atoms with E-state index in [1.54, 1.807) is 0 Å². The molecule has 3 nitrogen and oxygen atoms in total. The van der Waals surface area contributed by atoms with Gasteiger partial charge in [0, 0.05) is 19.1 Å². The largest absolute Gasteiger partial charge is 0.297 e. The van der Waals surface area contributed by atoms with Gasteiger partial charge in [0.15, 0.2) is 0 Å². The van der Waals surface area contributed by atoms with Crippen LogP contribution in [0.5, 0.6) is 0 Å². The van der Waals surface area contributed by atoms with Gasteiger partial charge in [-0.1, -0.05) is 44.2 Å². The molecule has 20 heavy (non-hydrogen) atoms. The third-order valence-electron chi connectivity index (χ3n) is 4.29. The molecule has 1 aromatic carbocycles. The molecule has 0 aromatic heterocycles. The minimum absolute atomic E-state index is 0.556. The number of benzene rings is 1. The number of nitriles is 1. The van der Waals surface area contributed by atoms with Crippen LogP contribution in [0.25, 0.3) is 0 Å². The summed E-state index contributed by atoms with van der Waals surface area (Å²) in [6, 6.07) is 13.2. The standard InChI is InChI=1S/C17H25N3/c1-4-19-17(12-18,16-8-6-5-7-9-16)13-20-11-14(2)10-15(20)3/h5-9,14-15,19H,4,10-11,13H2,1-3H3. The van der Waals surface area contributed by atoms with Crippen LogP contribution in [0.4, 0.5) is 0 Å². The first-order chi connectivity index (χ1) is 9.61. The van der Waals surface area contributed by atoms with Crippen molar-refractivity contribution in [1.29, 1.82) is 5.26 Å². The Morgan fingerprint density at radius 2 is 2.05 bits per heavy atom. The second kappa shape index (κ2) is 6.39. The molecule has 0 aliphatic carbocycles. The van der Waals surface area contributed by atoms with Crippen LogP contribution in [0.15, 0.2) is 30.3 Å². The van der Waals surface area contributed by atoms with E-state index in [1.807, 2.05) is 18.2 Å². The fourth-order valence-corrected chi connectivity index (χ4v) is 3.32. The van der Waals surface area contributed by atoms with Crippen LogP contribution in [0, 0.1) is 17.2 Å². The average molecular weight is 271 g/mol. The van der Waals surface area contributed by atoms with E-state index in [2.05, 4.69) is 49.2 Å². The second-order valence-electron chi connectivity index (χ2n) is 6.03. The Kier molecular flexibility index (Phi) is 4.80. The smallest absolute Gasteiger partial charge is 0.145 e. The molecule has 1 saturated heterocycles. The molecule has 0 amide bonds. The zero-order chi connectivity index (χ0) is 14.6. The second-order valence-corrected chi connectivity index (χ2v) is 6.03. The fourth-order valence-electron chi connectivity index (χ4n) is 3.32. The number of rotatable bonds is 5. The van der Waals surface area contributed by atoms with Crippen molar-refractivity contribution in [2.75, 3.05) is 19.6 Å². The summed E-state index contributed by atoms with van der Waals surface area (Å²) in [7, 11) is 0. The van der Waals surface area contributed by atoms with E-state index in [0.29, 0.717) is 6.04 Å². The quantitative estimate of drug-likeness (QED) is 0.895. The summed E-state index contributed by atoms with van der Waals surface area (Å²) in [4.78, 5) is 2.45. The molecule has 0 bridgehead atoms. The molecule has 3 atom stereocenters. The van der Waals surface area contributed by atoms with Crippen molar-refractivity contribution < 1.29 is 0 Å². The van der Waals surface area contributed by atoms with E-state index < -0.39 is 5.54 Å². The third kappa shape index (κ3) is 3.03. The number of nitrogens with zero attached hydrogens (tertiary/aromatic N) is 2. The van der Waals surface area contributed by atoms with Crippen LogP contribution in [0.3, 0.4) is 0 Å². The van der Waals surface area contributed by atoms with E-state index in [0.717, 1.165) is 31.1 Å². The van der Waals surface area contributed by atoms with Gasteiger partial charge in [-0.2, -0.15) is 5.26 Å². The lowest BCUT2D eigenvalue weighted by atomic mass is 9.90. The fraction of sp³-hybridized carbons (Fsp3) is 0.588. The number of nitrogens with one attached hydrogen (secondary N) is 1. The Morgan fingerprint density at radius 1 is 1.35 bits per heavy atom. The van der Waals surface area contributed by atoms with E-state index in [9.17, 15) is 5.26 Å². The molecular weight excluding hydrogens is 246 g/mol. The highest BCUT2D eigenvalue weighted by molar-refractivity contribution is 5.32. The third-order valence-corrected chi connectivity index (χ3v) is 4.29. The molecule has 1 aliphatic rings. The molecule has 0 radical (unpaired) electrons. The predicted octanol–water partition coefficient (Wildman–Crippen LogP) is 2.75. The van der Waals surface area contributed by atoms with Gasteiger partial charge < -0.3 is 0 Å². The van der Waals surface area contributed by atoms with E-state index in [4.69, 9.17) is 0 Å². The van der Waals surface area contributed by atoms with E-state index >= 15 is 0 Å². The SMILES string of the molecule is CCNC(C#N)(CN1CC(C)CC1C)c1ccccc1. The molecule has 1 N–H and O–H groups in total. The van der Waals surface area contributed by atoms with Crippen LogP contribution >= 0.6 is 0 Å². The normalized spacial score (nSPS) is 26.1. The van der Waals surface area contributed by atoms with Gasteiger partial charge >= 0.3 is 0 Å². The summed E-state index contributed by atoms with van der Waals surface area (Å²) in [6.07, 6.45) is 1.22. The van der Waals surface area contributed by atoms with Crippen LogP contribution in [0.1, 0.15) is 32.8 Å². The maximum absolute atomic E-state index is 9.83. The van der Waals surface area contributed by atoms with Crippen molar-refractivity contribution in [1.82, 2.24) is 10.2 Å². The maximum atomic E-state index is 9.83. The van der Waals surface area contributed by atoms with Gasteiger partial charge in [0.25, 0.3) is 0 Å². The van der Waals surface area contributed by atoms with Crippen molar-refractivity contribution >= 4 is 0 Å². The van der Waals surface area contributed by atoms with Crippen molar-refractivity contribution in [2.45, 2.75) is 38.8 Å². The van der Waals surface area contributed by atoms with Crippen LogP contribution in [0.2, 0.25) is 0 Å². The first kappa shape index (κ1) is 15.0. The Balaban J connectivity index is 2.26. The van der Waals surface area contributed by atoms with E-state index in [1.165, 1.54) is 6.42 Å². The lowest BCUT2D eigenvalue weighted by Gasteiger charge is -2.34. The number of likely N-dealkylation sites (tertiary alicyclic amines) is 1. The summed E-state index contributed by atoms with van der Waals surface area (Å²) in [5.74, 6) is 0.721. The van der Waals surface area contributed by atoms with Crippen LogP contribution in [-0.4, -0.2) is 30.6 Å². The molecule has 1 aromatic rings. The molecule has 3 heteroatoms.